The van der Waals surface area contributed by atoms with Crippen LogP contribution in [0.15, 0.2) is 42.3 Å². The monoisotopic (exact) mass is 189 g/mol. The molecule has 1 aromatic heterocycles. The van der Waals surface area contributed by atoms with E-state index >= 15 is 0 Å². The Morgan fingerprint density at radius 3 is 2.79 bits per heavy atom. The van der Waals surface area contributed by atoms with Crippen molar-refractivity contribution in [3.05, 3.63) is 48.0 Å². The van der Waals surface area contributed by atoms with Gasteiger partial charge >= 0.3 is 0 Å². The van der Waals surface area contributed by atoms with Crippen molar-refractivity contribution >= 4 is 0 Å². The first-order valence-corrected chi connectivity index (χ1v) is 4.65. The fourth-order valence-electron chi connectivity index (χ4n) is 1.07. The van der Waals surface area contributed by atoms with Gasteiger partial charge in [-0.1, -0.05) is 6.08 Å². The molecule has 0 saturated carbocycles. The van der Waals surface area contributed by atoms with Crippen LogP contribution in [-0.2, 0) is 0 Å². The number of nitrogens with zero attached hydrogens (tertiary/aromatic N) is 1. The molecule has 1 rings (SSSR count). The number of hydrogen-bond acceptors (Lipinski definition) is 2. The lowest BCUT2D eigenvalue weighted by Gasteiger charge is -2.05. The van der Waals surface area contributed by atoms with Crippen molar-refractivity contribution in [2.45, 2.75) is 20.8 Å². The summed E-state index contributed by atoms with van der Waals surface area (Å²) in [7, 11) is 0. The molecule has 0 aromatic carbocycles. The average Bonchev–Trinajstić information content (AvgIpc) is 2.17. The summed E-state index contributed by atoms with van der Waals surface area (Å²) in [6.45, 7) is 5.85. The van der Waals surface area contributed by atoms with E-state index in [1.807, 2.05) is 51.1 Å². The van der Waals surface area contributed by atoms with Gasteiger partial charge in [-0.25, -0.2) is 0 Å². The van der Waals surface area contributed by atoms with E-state index in [1.165, 1.54) is 0 Å². The SMILES string of the molecule is C/C=C\C(=C/C)Oc1ccnc(C)c1. The van der Waals surface area contributed by atoms with Crippen LogP contribution in [0.25, 0.3) is 0 Å². The molecule has 0 fully saturated rings. The Kier molecular flexibility index (Phi) is 3.92. The van der Waals surface area contributed by atoms with Crippen LogP contribution in [0.1, 0.15) is 19.5 Å². The molecule has 0 aliphatic carbocycles. The number of allylic oxidation sites excluding steroid dienone is 3. The summed E-state index contributed by atoms with van der Waals surface area (Å²) >= 11 is 0. The highest BCUT2D eigenvalue weighted by atomic mass is 16.5. The van der Waals surface area contributed by atoms with Gasteiger partial charge in [-0.3, -0.25) is 4.98 Å². The third-order valence-electron chi connectivity index (χ3n) is 1.72. The fourth-order valence-corrected chi connectivity index (χ4v) is 1.07. The minimum absolute atomic E-state index is 0.823. The summed E-state index contributed by atoms with van der Waals surface area (Å²) in [5.74, 6) is 1.67. The summed E-state index contributed by atoms with van der Waals surface area (Å²) in [5.41, 5.74) is 0.957. The van der Waals surface area contributed by atoms with E-state index in [2.05, 4.69) is 4.98 Å². The van der Waals surface area contributed by atoms with Gasteiger partial charge in [-0.2, -0.15) is 0 Å². The number of hydrogen-bond donors (Lipinski definition) is 0. The number of ether oxygens (including phenoxy) is 1. The van der Waals surface area contributed by atoms with Crippen molar-refractivity contribution < 1.29 is 4.74 Å². The quantitative estimate of drug-likeness (QED) is 0.538. The Labute approximate surface area is 84.9 Å². The largest absolute Gasteiger partial charge is 0.458 e. The van der Waals surface area contributed by atoms with E-state index in [9.17, 15) is 0 Å². The average molecular weight is 189 g/mol. The second-order valence-corrected chi connectivity index (χ2v) is 2.93. The minimum Gasteiger partial charge on any atom is -0.458 e. The maximum atomic E-state index is 5.62. The first kappa shape index (κ1) is 10.5. The Morgan fingerprint density at radius 1 is 1.43 bits per heavy atom. The first-order chi connectivity index (χ1) is 6.76. The van der Waals surface area contributed by atoms with Crippen LogP contribution in [-0.4, -0.2) is 4.98 Å². The Hall–Kier alpha value is -1.57. The predicted molar refractivity (Wildman–Crippen MR) is 58.2 cm³/mol. The summed E-state index contributed by atoms with van der Waals surface area (Å²) in [6, 6.07) is 3.76. The summed E-state index contributed by atoms with van der Waals surface area (Å²) in [5, 5.41) is 0. The molecule has 14 heavy (non-hydrogen) atoms. The molecule has 0 saturated heterocycles. The lowest BCUT2D eigenvalue weighted by atomic mass is 10.3. The van der Waals surface area contributed by atoms with Gasteiger partial charge in [-0.15, -0.1) is 0 Å². The highest BCUT2D eigenvalue weighted by Gasteiger charge is 1.96. The topological polar surface area (TPSA) is 22.1 Å². The van der Waals surface area contributed by atoms with Crippen molar-refractivity contribution in [1.29, 1.82) is 0 Å². The molecular weight excluding hydrogens is 174 g/mol. The minimum atomic E-state index is 0.823. The molecule has 1 aromatic rings. The summed E-state index contributed by atoms with van der Waals surface area (Å²) in [6.07, 6.45) is 7.54. The zero-order chi connectivity index (χ0) is 10.4. The van der Waals surface area contributed by atoms with Crippen LogP contribution < -0.4 is 4.74 Å². The molecule has 0 radical (unpaired) electrons. The molecule has 0 bridgehead atoms. The highest BCUT2D eigenvalue weighted by Crippen LogP contribution is 2.14. The maximum absolute atomic E-state index is 5.62. The lowest BCUT2D eigenvalue weighted by molar-refractivity contribution is 0.442. The number of aromatic nitrogens is 1. The van der Waals surface area contributed by atoms with Crippen LogP contribution in [0.2, 0.25) is 0 Å². The third kappa shape index (κ3) is 3.05. The van der Waals surface area contributed by atoms with Gasteiger partial charge in [0.15, 0.2) is 0 Å². The lowest BCUT2D eigenvalue weighted by Crippen LogP contribution is -1.92. The van der Waals surface area contributed by atoms with Crippen molar-refractivity contribution in [3.63, 3.8) is 0 Å². The van der Waals surface area contributed by atoms with E-state index in [0.717, 1.165) is 17.2 Å². The molecule has 2 heteroatoms. The summed E-state index contributed by atoms with van der Waals surface area (Å²) < 4.78 is 5.62. The van der Waals surface area contributed by atoms with Gasteiger partial charge < -0.3 is 4.74 Å². The molecule has 74 valence electrons. The molecule has 0 N–H and O–H groups in total. The molecule has 0 amide bonds. The smallest absolute Gasteiger partial charge is 0.130 e. The second kappa shape index (κ2) is 5.22. The predicted octanol–water partition coefficient (Wildman–Crippen LogP) is 3.25. The van der Waals surface area contributed by atoms with Crippen molar-refractivity contribution in [1.82, 2.24) is 4.98 Å². The van der Waals surface area contributed by atoms with Crippen LogP contribution in [0.5, 0.6) is 5.75 Å². The third-order valence-corrected chi connectivity index (χ3v) is 1.72. The van der Waals surface area contributed by atoms with Gasteiger partial charge in [0.05, 0.1) is 0 Å². The molecule has 1 heterocycles. The van der Waals surface area contributed by atoms with Gasteiger partial charge in [0.1, 0.15) is 11.5 Å². The standard InChI is InChI=1S/C12H15NO/c1-4-6-11(5-2)14-12-7-8-13-10(3)9-12/h4-9H,1-3H3/b6-4-,11-5+. The Bertz CT molecular complexity index is 353. The zero-order valence-electron chi connectivity index (χ0n) is 8.82. The molecule has 0 aliphatic heterocycles. The zero-order valence-corrected chi connectivity index (χ0v) is 8.82. The number of rotatable bonds is 3. The number of pyridine rings is 1. The van der Waals surface area contributed by atoms with E-state index in [4.69, 9.17) is 4.74 Å². The van der Waals surface area contributed by atoms with Crippen LogP contribution in [0, 0.1) is 6.92 Å². The molecule has 0 unspecified atom stereocenters. The fraction of sp³-hybridized carbons (Fsp3) is 0.250. The first-order valence-electron chi connectivity index (χ1n) is 4.65. The van der Waals surface area contributed by atoms with Crippen LogP contribution in [0.4, 0.5) is 0 Å². The van der Waals surface area contributed by atoms with Gasteiger partial charge in [0.2, 0.25) is 0 Å². The van der Waals surface area contributed by atoms with Gasteiger partial charge in [0, 0.05) is 18.0 Å². The molecule has 0 spiro atoms. The summed E-state index contributed by atoms with van der Waals surface area (Å²) in [4.78, 5) is 4.10. The Balaban J connectivity index is 2.77. The van der Waals surface area contributed by atoms with Crippen LogP contribution in [0.3, 0.4) is 0 Å². The highest BCUT2D eigenvalue weighted by molar-refractivity contribution is 5.26. The molecule has 0 atom stereocenters. The van der Waals surface area contributed by atoms with Gasteiger partial charge in [-0.05, 0) is 39.0 Å². The van der Waals surface area contributed by atoms with Crippen LogP contribution >= 0.6 is 0 Å². The Morgan fingerprint density at radius 2 is 2.21 bits per heavy atom. The van der Waals surface area contributed by atoms with E-state index in [1.54, 1.807) is 6.20 Å². The van der Waals surface area contributed by atoms with E-state index in [-0.39, 0.29) is 0 Å². The number of aryl methyl sites for hydroxylation is 1. The van der Waals surface area contributed by atoms with Crippen molar-refractivity contribution in [2.75, 3.05) is 0 Å². The van der Waals surface area contributed by atoms with Crippen molar-refractivity contribution in [2.24, 2.45) is 0 Å². The van der Waals surface area contributed by atoms with E-state index < -0.39 is 0 Å². The normalized spacial score (nSPS) is 12.1. The van der Waals surface area contributed by atoms with E-state index in [0.29, 0.717) is 0 Å². The second-order valence-electron chi connectivity index (χ2n) is 2.93. The molecule has 0 aliphatic rings. The van der Waals surface area contributed by atoms with Gasteiger partial charge in [0.25, 0.3) is 0 Å². The molecular formula is C12H15NO. The maximum Gasteiger partial charge on any atom is 0.130 e. The van der Waals surface area contributed by atoms with Crippen molar-refractivity contribution in [3.8, 4) is 5.75 Å². The molecule has 2 nitrogen and oxygen atoms in total.